The van der Waals surface area contributed by atoms with Crippen LogP contribution in [0.15, 0.2) is 18.2 Å². The molecule has 0 N–H and O–H groups in total. The minimum Gasteiger partial charge on any atom is -0.377 e. The van der Waals surface area contributed by atoms with Gasteiger partial charge < -0.3 is 9.64 Å². The highest BCUT2D eigenvalue weighted by atomic mass is 35.5. The highest BCUT2D eigenvalue weighted by Gasteiger charge is 2.25. The van der Waals surface area contributed by atoms with Gasteiger partial charge in [0.15, 0.2) is 0 Å². The first-order valence-electron chi connectivity index (χ1n) is 5.43. The summed E-state index contributed by atoms with van der Waals surface area (Å²) in [5, 5.41) is 0.919. The zero-order valence-electron chi connectivity index (χ0n) is 9.45. The molecule has 1 aliphatic rings. The number of amides is 1. The lowest BCUT2D eigenvalue weighted by Crippen LogP contribution is -2.47. The van der Waals surface area contributed by atoms with E-state index in [1.807, 2.05) is 6.92 Å². The van der Waals surface area contributed by atoms with E-state index in [1.165, 1.54) is 0 Å². The molecule has 1 heterocycles. The fourth-order valence-corrected chi connectivity index (χ4v) is 2.34. The summed E-state index contributed by atoms with van der Waals surface area (Å²) in [4.78, 5) is 14.1. The number of carbonyl (C=O) groups is 1. The number of hydrogen-bond donors (Lipinski definition) is 0. The van der Waals surface area contributed by atoms with Crippen molar-refractivity contribution in [1.82, 2.24) is 4.90 Å². The molecule has 1 aromatic rings. The summed E-state index contributed by atoms with van der Waals surface area (Å²) in [5.74, 6) is -0.0672. The maximum atomic E-state index is 12.3. The second-order valence-electron chi connectivity index (χ2n) is 4.05. The first kappa shape index (κ1) is 12.7. The van der Waals surface area contributed by atoms with E-state index in [9.17, 15) is 4.79 Å². The lowest BCUT2D eigenvalue weighted by atomic mass is 10.1. The summed E-state index contributed by atoms with van der Waals surface area (Å²) >= 11 is 11.8. The molecular formula is C12H13Cl2NO2. The van der Waals surface area contributed by atoms with Crippen LogP contribution in [0.1, 0.15) is 17.3 Å². The van der Waals surface area contributed by atoms with Crippen molar-refractivity contribution < 1.29 is 9.53 Å². The fraction of sp³-hybridized carbons (Fsp3) is 0.417. The molecule has 5 heteroatoms. The van der Waals surface area contributed by atoms with Crippen LogP contribution in [0.3, 0.4) is 0 Å². The smallest absolute Gasteiger partial charge is 0.255 e. The van der Waals surface area contributed by atoms with Gasteiger partial charge in [0.25, 0.3) is 5.91 Å². The third-order valence-electron chi connectivity index (χ3n) is 2.79. The predicted octanol–water partition coefficient (Wildman–Crippen LogP) is 2.85. The van der Waals surface area contributed by atoms with Gasteiger partial charge in [0.2, 0.25) is 0 Å². The van der Waals surface area contributed by atoms with Gasteiger partial charge in [0.05, 0.1) is 29.8 Å². The van der Waals surface area contributed by atoms with Gasteiger partial charge >= 0.3 is 0 Å². The Bertz CT molecular complexity index is 437. The van der Waals surface area contributed by atoms with E-state index in [2.05, 4.69) is 0 Å². The summed E-state index contributed by atoms with van der Waals surface area (Å²) < 4.78 is 5.30. The quantitative estimate of drug-likeness (QED) is 0.788. The van der Waals surface area contributed by atoms with Crippen LogP contribution in [0.2, 0.25) is 10.0 Å². The monoisotopic (exact) mass is 273 g/mol. The summed E-state index contributed by atoms with van der Waals surface area (Å²) in [6.45, 7) is 3.69. The Balaban J connectivity index is 2.24. The van der Waals surface area contributed by atoms with Crippen LogP contribution < -0.4 is 0 Å². The largest absolute Gasteiger partial charge is 0.377 e. The molecule has 1 saturated heterocycles. The van der Waals surface area contributed by atoms with Crippen molar-refractivity contribution in [2.45, 2.75) is 13.0 Å². The fourth-order valence-electron chi connectivity index (χ4n) is 1.85. The molecule has 0 spiro atoms. The third kappa shape index (κ3) is 2.73. The Hall–Kier alpha value is -0.770. The molecule has 2 rings (SSSR count). The molecule has 3 nitrogen and oxygen atoms in total. The summed E-state index contributed by atoms with van der Waals surface area (Å²) in [5.41, 5.74) is 0.491. The van der Waals surface area contributed by atoms with Gasteiger partial charge in [-0.3, -0.25) is 4.79 Å². The number of carbonyl (C=O) groups excluding carboxylic acids is 1. The molecule has 1 fully saturated rings. The third-order valence-corrected chi connectivity index (χ3v) is 3.34. The second-order valence-corrected chi connectivity index (χ2v) is 4.89. The number of benzene rings is 1. The molecule has 1 aliphatic heterocycles. The Morgan fingerprint density at radius 3 is 2.88 bits per heavy atom. The van der Waals surface area contributed by atoms with Gasteiger partial charge in [-0.1, -0.05) is 23.2 Å². The van der Waals surface area contributed by atoms with Crippen molar-refractivity contribution in [3.05, 3.63) is 33.8 Å². The summed E-state index contributed by atoms with van der Waals surface area (Å²) in [7, 11) is 0. The Kier molecular flexibility index (Phi) is 3.92. The number of ether oxygens (including phenoxy) is 1. The van der Waals surface area contributed by atoms with Gasteiger partial charge in [-0.15, -0.1) is 0 Å². The first-order valence-corrected chi connectivity index (χ1v) is 6.19. The van der Waals surface area contributed by atoms with E-state index in [4.69, 9.17) is 27.9 Å². The van der Waals surface area contributed by atoms with Crippen LogP contribution in [-0.2, 0) is 4.74 Å². The van der Waals surface area contributed by atoms with Crippen LogP contribution in [-0.4, -0.2) is 36.6 Å². The highest BCUT2D eigenvalue weighted by Crippen LogP contribution is 2.23. The minimum atomic E-state index is -0.0672. The summed E-state index contributed by atoms with van der Waals surface area (Å²) in [6, 6.07) is 4.99. The molecule has 1 unspecified atom stereocenters. The average molecular weight is 274 g/mol. The Morgan fingerprint density at radius 1 is 1.47 bits per heavy atom. The van der Waals surface area contributed by atoms with Crippen LogP contribution in [0.4, 0.5) is 0 Å². The van der Waals surface area contributed by atoms with Crippen molar-refractivity contribution in [2.75, 3.05) is 19.8 Å². The van der Waals surface area contributed by atoms with Crippen LogP contribution in [0.25, 0.3) is 0 Å². The van der Waals surface area contributed by atoms with Gasteiger partial charge in [-0.25, -0.2) is 0 Å². The van der Waals surface area contributed by atoms with Crippen molar-refractivity contribution in [2.24, 2.45) is 0 Å². The number of nitrogens with zero attached hydrogens (tertiary/aromatic N) is 1. The average Bonchev–Trinajstić information content (AvgIpc) is 2.29. The van der Waals surface area contributed by atoms with Gasteiger partial charge in [-0.05, 0) is 25.1 Å². The molecule has 0 aromatic heterocycles. The molecule has 1 aromatic carbocycles. The van der Waals surface area contributed by atoms with E-state index >= 15 is 0 Å². The standard InChI is InChI=1S/C12H13Cl2NO2/c1-8-7-17-5-4-15(8)12(16)10-3-2-9(13)6-11(10)14/h2-3,6,8H,4-5,7H2,1H3. The molecule has 0 radical (unpaired) electrons. The molecule has 0 bridgehead atoms. The highest BCUT2D eigenvalue weighted by molar-refractivity contribution is 6.36. The number of morpholine rings is 1. The molecule has 0 aliphatic carbocycles. The molecule has 0 saturated carbocycles. The van der Waals surface area contributed by atoms with Gasteiger partial charge in [0, 0.05) is 11.6 Å². The molecule has 1 amide bonds. The van der Waals surface area contributed by atoms with E-state index < -0.39 is 0 Å². The zero-order valence-corrected chi connectivity index (χ0v) is 11.0. The van der Waals surface area contributed by atoms with Crippen LogP contribution in [0, 0.1) is 0 Å². The number of halogens is 2. The SMILES string of the molecule is CC1COCCN1C(=O)c1ccc(Cl)cc1Cl. The van der Waals surface area contributed by atoms with Gasteiger partial charge in [-0.2, -0.15) is 0 Å². The van der Waals surface area contributed by atoms with Crippen molar-refractivity contribution >= 4 is 29.1 Å². The lowest BCUT2D eigenvalue weighted by molar-refractivity contribution is 0.00360. The van der Waals surface area contributed by atoms with Crippen LogP contribution >= 0.6 is 23.2 Å². The predicted molar refractivity (Wildman–Crippen MR) is 67.8 cm³/mol. The molecular weight excluding hydrogens is 261 g/mol. The van der Waals surface area contributed by atoms with Crippen molar-refractivity contribution in [1.29, 1.82) is 0 Å². The first-order chi connectivity index (χ1) is 8.09. The normalized spacial score (nSPS) is 20.4. The molecule has 1 atom stereocenters. The lowest BCUT2D eigenvalue weighted by Gasteiger charge is -2.33. The van der Waals surface area contributed by atoms with E-state index in [1.54, 1.807) is 23.1 Å². The molecule has 17 heavy (non-hydrogen) atoms. The minimum absolute atomic E-state index is 0.0672. The van der Waals surface area contributed by atoms with E-state index in [0.717, 1.165) is 0 Å². The Labute approximate surface area is 110 Å². The maximum Gasteiger partial charge on any atom is 0.255 e. The number of rotatable bonds is 1. The number of hydrogen-bond acceptors (Lipinski definition) is 2. The zero-order chi connectivity index (χ0) is 12.4. The van der Waals surface area contributed by atoms with E-state index in [0.29, 0.717) is 35.4 Å². The maximum absolute atomic E-state index is 12.3. The Morgan fingerprint density at radius 2 is 2.24 bits per heavy atom. The van der Waals surface area contributed by atoms with Crippen molar-refractivity contribution in [3.63, 3.8) is 0 Å². The summed E-state index contributed by atoms with van der Waals surface area (Å²) in [6.07, 6.45) is 0. The topological polar surface area (TPSA) is 29.5 Å². The van der Waals surface area contributed by atoms with Gasteiger partial charge in [0.1, 0.15) is 0 Å². The second kappa shape index (κ2) is 5.25. The van der Waals surface area contributed by atoms with E-state index in [-0.39, 0.29) is 11.9 Å². The molecule has 92 valence electrons. The van der Waals surface area contributed by atoms with Crippen molar-refractivity contribution in [3.8, 4) is 0 Å². The van der Waals surface area contributed by atoms with Crippen LogP contribution in [0.5, 0.6) is 0 Å².